The predicted molar refractivity (Wildman–Crippen MR) is 66.6 cm³/mol. The first-order valence-corrected chi connectivity index (χ1v) is 6.30. The Morgan fingerprint density at radius 1 is 1.40 bits per heavy atom. The molecular weight excluding hydrogens is 277 g/mol. The second-order valence-electron chi connectivity index (χ2n) is 3.16. The molecule has 1 N–H and O–H groups in total. The minimum atomic E-state index is 0.0176. The standard InChI is InChI=1S/C11H13BrClNO/c12-6-3-7-14-11(15)8-9-4-1-2-5-10(9)13/h1-2,4-5H,3,6-8H2,(H,14,15). The van der Waals surface area contributed by atoms with Gasteiger partial charge < -0.3 is 5.32 Å². The lowest BCUT2D eigenvalue weighted by molar-refractivity contribution is -0.120. The van der Waals surface area contributed by atoms with Gasteiger partial charge in [0.25, 0.3) is 0 Å². The lowest BCUT2D eigenvalue weighted by Gasteiger charge is -2.05. The summed E-state index contributed by atoms with van der Waals surface area (Å²) in [5.74, 6) is 0.0176. The summed E-state index contributed by atoms with van der Waals surface area (Å²) in [5, 5.41) is 4.38. The largest absolute Gasteiger partial charge is 0.356 e. The van der Waals surface area contributed by atoms with Gasteiger partial charge in [0, 0.05) is 16.9 Å². The second-order valence-corrected chi connectivity index (χ2v) is 4.36. The van der Waals surface area contributed by atoms with E-state index in [1.54, 1.807) is 6.07 Å². The normalized spacial score (nSPS) is 10.0. The van der Waals surface area contributed by atoms with Gasteiger partial charge >= 0.3 is 0 Å². The Labute approximate surface area is 103 Å². The monoisotopic (exact) mass is 289 g/mol. The lowest BCUT2D eigenvalue weighted by atomic mass is 10.1. The summed E-state index contributed by atoms with van der Waals surface area (Å²) in [6.07, 6.45) is 1.29. The summed E-state index contributed by atoms with van der Waals surface area (Å²) in [5.41, 5.74) is 0.871. The minimum absolute atomic E-state index is 0.0176. The summed E-state index contributed by atoms with van der Waals surface area (Å²) >= 11 is 9.25. The third-order valence-corrected chi connectivity index (χ3v) is 2.87. The number of carbonyl (C=O) groups is 1. The van der Waals surface area contributed by atoms with Crippen molar-refractivity contribution in [3.8, 4) is 0 Å². The number of alkyl halides is 1. The van der Waals surface area contributed by atoms with E-state index in [2.05, 4.69) is 21.2 Å². The highest BCUT2D eigenvalue weighted by molar-refractivity contribution is 9.09. The first-order valence-electron chi connectivity index (χ1n) is 4.80. The molecule has 0 spiro atoms. The van der Waals surface area contributed by atoms with Crippen LogP contribution in [0.1, 0.15) is 12.0 Å². The molecule has 0 saturated carbocycles. The zero-order valence-electron chi connectivity index (χ0n) is 8.30. The first kappa shape index (κ1) is 12.5. The van der Waals surface area contributed by atoms with Crippen molar-refractivity contribution >= 4 is 33.4 Å². The summed E-state index contributed by atoms with van der Waals surface area (Å²) < 4.78 is 0. The van der Waals surface area contributed by atoms with Crippen molar-refractivity contribution in [2.45, 2.75) is 12.8 Å². The third-order valence-electron chi connectivity index (χ3n) is 1.94. The minimum Gasteiger partial charge on any atom is -0.356 e. The number of halogens is 2. The van der Waals surface area contributed by atoms with Crippen LogP contribution in [0.5, 0.6) is 0 Å². The van der Waals surface area contributed by atoms with Gasteiger partial charge in [-0.2, -0.15) is 0 Å². The van der Waals surface area contributed by atoms with E-state index in [-0.39, 0.29) is 5.91 Å². The van der Waals surface area contributed by atoms with Crippen LogP contribution in [-0.4, -0.2) is 17.8 Å². The van der Waals surface area contributed by atoms with E-state index in [1.807, 2.05) is 18.2 Å². The fourth-order valence-electron chi connectivity index (χ4n) is 1.17. The molecule has 0 atom stereocenters. The number of rotatable bonds is 5. The molecule has 0 aromatic heterocycles. The maximum Gasteiger partial charge on any atom is 0.224 e. The average Bonchev–Trinajstić information content (AvgIpc) is 2.22. The van der Waals surface area contributed by atoms with Gasteiger partial charge in [0.2, 0.25) is 5.91 Å². The van der Waals surface area contributed by atoms with Crippen molar-refractivity contribution in [2.24, 2.45) is 0 Å². The molecule has 0 aliphatic heterocycles. The summed E-state index contributed by atoms with van der Waals surface area (Å²) in [6.45, 7) is 0.703. The molecule has 0 fully saturated rings. The van der Waals surface area contributed by atoms with Crippen LogP contribution in [0, 0.1) is 0 Å². The second kappa shape index (κ2) is 6.85. The lowest BCUT2D eigenvalue weighted by Crippen LogP contribution is -2.26. The fraction of sp³-hybridized carbons (Fsp3) is 0.364. The Hall–Kier alpha value is -0.540. The van der Waals surface area contributed by atoms with Crippen LogP contribution >= 0.6 is 27.5 Å². The quantitative estimate of drug-likeness (QED) is 0.656. The average molecular weight is 291 g/mol. The molecule has 82 valence electrons. The van der Waals surface area contributed by atoms with Gasteiger partial charge in [-0.15, -0.1) is 0 Å². The van der Waals surface area contributed by atoms with E-state index in [0.29, 0.717) is 18.0 Å². The molecule has 0 heterocycles. The molecule has 1 aromatic rings. The Kier molecular flexibility index (Phi) is 5.73. The molecule has 4 heteroatoms. The molecule has 0 aliphatic rings. The molecule has 0 unspecified atom stereocenters. The number of hydrogen-bond acceptors (Lipinski definition) is 1. The van der Waals surface area contributed by atoms with Gasteiger partial charge in [-0.1, -0.05) is 45.7 Å². The molecule has 0 saturated heterocycles. The van der Waals surface area contributed by atoms with Gasteiger partial charge in [-0.05, 0) is 18.1 Å². The van der Waals surface area contributed by atoms with E-state index >= 15 is 0 Å². The number of hydrogen-bond donors (Lipinski definition) is 1. The van der Waals surface area contributed by atoms with Gasteiger partial charge in [-0.25, -0.2) is 0 Å². The molecule has 0 radical (unpaired) electrons. The Morgan fingerprint density at radius 3 is 2.80 bits per heavy atom. The van der Waals surface area contributed by atoms with E-state index in [4.69, 9.17) is 11.6 Å². The third kappa shape index (κ3) is 4.67. The van der Waals surface area contributed by atoms with Crippen LogP contribution in [0.15, 0.2) is 24.3 Å². The number of carbonyl (C=O) groups excluding carboxylic acids is 1. The van der Waals surface area contributed by atoms with Crippen molar-refractivity contribution in [3.05, 3.63) is 34.9 Å². The Balaban J connectivity index is 2.41. The van der Waals surface area contributed by atoms with Crippen LogP contribution in [0.4, 0.5) is 0 Å². The van der Waals surface area contributed by atoms with E-state index in [1.165, 1.54) is 0 Å². The van der Waals surface area contributed by atoms with Crippen LogP contribution in [0.2, 0.25) is 5.02 Å². The van der Waals surface area contributed by atoms with Gasteiger partial charge in [-0.3, -0.25) is 4.79 Å². The van der Waals surface area contributed by atoms with Crippen molar-refractivity contribution in [1.29, 1.82) is 0 Å². The van der Waals surface area contributed by atoms with E-state index in [9.17, 15) is 4.79 Å². The van der Waals surface area contributed by atoms with Crippen LogP contribution < -0.4 is 5.32 Å². The molecule has 0 aliphatic carbocycles. The summed E-state index contributed by atoms with van der Waals surface area (Å²) in [6, 6.07) is 7.40. The molecule has 1 rings (SSSR count). The predicted octanol–water partition coefficient (Wildman–Crippen LogP) is 2.78. The summed E-state index contributed by atoms with van der Waals surface area (Å²) in [4.78, 5) is 11.5. The van der Waals surface area contributed by atoms with Crippen molar-refractivity contribution in [1.82, 2.24) is 5.32 Å². The van der Waals surface area contributed by atoms with Crippen molar-refractivity contribution < 1.29 is 4.79 Å². The van der Waals surface area contributed by atoms with Gasteiger partial charge in [0.1, 0.15) is 0 Å². The highest BCUT2D eigenvalue weighted by atomic mass is 79.9. The molecule has 1 amide bonds. The van der Waals surface area contributed by atoms with E-state index in [0.717, 1.165) is 17.3 Å². The number of benzene rings is 1. The van der Waals surface area contributed by atoms with Gasteiger partial charge in [0.15, 0.2) is 0 Å². The molecule has 1 aromatic carbocycles. The van der Waals surface area contributed by atoms with E-state index < -0.39 is 0 Å². The SMILES string of the molecule is O=C(Cc1ccccc1Cl)NCCCBr. The topological polar surface area (TPSA) is 29.1 Å². The molecule has 15 heavy (non-hydrogen) atoms. The fourth-order valence-corrected chi connectivity index (χ4v) is 1.65. The Morgan fingerprint density at radius 2 is 2.13 bits per heavy atom. The van der Waals surface area contributed by atoms with Crippen LogP contribution in [-0.2, 0) is 11.2 Å². The van der Waals surface area contributed by atoms with Crippen LogP contribution in [0.25, 0.3) is 0 Å². The summed E-state index contributed by atoms with van der Waals surface area (Å²) in [7, 11) is 0. The Bertz CT molecular complexity index is 330. The van der Waals surface area contributed by atoms with Gasteiger partial charge in [0.05, 0.1) is 6.42 Å². The number of nitrogens with one attached hydrogen (secondary N) is 1. The maximum absolute atomic E-state index is 11.5. The van der Waals surface area contributed by atoms with Crippen molar-refractivity contribution in [2.75, 3.05) is 11.9 Å². The van der Waals surface area contributed by atoms with Crippen LogP contribution in [0.3, 0.4) is 0 Å². The zero-order valence-corrected chi connectivity index (χ0v) is 10.6. The highest BCUT2D eigenvalue weighted by Crippen LogP contribution is 2.15. The first-order chi connectivity index (χ1) is 7.24. The molecule has 2 nitrogen and oxygen atoms in total. The zero-order chi connectivity index (χ0) is 11.1. The molecular formula is C11H13BrClNO. The highest BCUT2D eigenvalue weighted by Gasteiger charge is 2.05. The maximum atomic E-state index is 11.5. The number of amides is 1. The molecule has 0 bridgehead atoms. The smallest absolute Gasteiger partial charge is 0.224 e. The van der Waals surface area contributed by atoms with Crippen molar-refractivity contribution in [3.63, 3.8) is 0 Å².